The SMILES string of the molecule is C=C(F)C(=O)NCc1ccccc1. The van der Waals surface area contributed by atoms with E-state index in [-0.39, 0.29) is 0 Å². The van der Waals surface area contributed by atoms with Gasteiger partial charge < -0.3 is 5.32 Å². The van der Waals surface area contributed by atoms with E-state index in [0.29, 0.717) is 6.54 Å². The monoisotopic (exact) mass is 179 g/mol. The molecule has 2 nitrogen and oxygen atoms in total. The minimum absolute atomic E-state index is 0.322. The number of carbonyl (C=O) groups excluding carboxylic acids is 1. The molecule has 0 heterocycles. The summed E-state index contributed by atoms with van der Waals surface area (Å²) in [6.45, 7) is 3.21. The molecular formula is C10H10FNO. The van der Waals surface area contributed by atoms with Gasteiger partial charge in [-0.15, -0.1) is 0 Å². The lowest BCUT2D eigenvalue weighted by atomic mass is 10.2. The molecule has 0 bridgehead atoms. The highest BCUT2D eigenvalue weighted by Gasteiger charge is 2.03. The lowest BCUT2D eigenvalue weighted by Gasteiger charge is -2.02. The van der Waals surface area contributed by atoms with Gasteiger partial charge in [-0.3, -0.25) is 4.79 Å². The summed E-state index contributed by atoms with van der Waals surface area (Å²) in [4.78, 5) is 10.7. The molecule has 0 aliphatic heterocycles. The summed E-state index contributed by atoms with van der Waals surface area (Å²) in [5.74, 6) is -1.72. The number of benzene rings is 1. The van der Waals surface area contributed by atoms with Crippen molar-refractivity contribution in [3.8, 4) is 0 Å². The topological polar surface area (TPSA) is 29.1 Å². The third-order valence-electron chi connectivity index (χ3n) is 1.54. The highest BCUT2D eigenvalue weighted by Crippen LogP contribution is 1.98. The first-order valence-electron chi connectivity index (χ1n) is 3.86. The van der Waals surface area contributed by atoms with E-state index in [2.05, 4.69) is 11.9 Å². The van der Waals surface area contributed by atoms with Gasteiger partial charge in [0.15, 0.2) is 5.83 Å². The Bertz CT molecular complexity index is 308. The molecule has 3 heteroatoms. The summed E-state index contributed by atoms with van der Waals surface area (Å²) < 4.78 is 12.2. The molecule has 1 amide bonds. The Morgan fingerprint density at radius 1 is 1.38 bits per heavy atom. The van der Waals surface area contributed by atoms with Gasteiger partial charge >= 0.3 is 0 Å². The zero-order valence-electron chi connectivity index (χ0n) is 7.09. The molecule has 0 saturated heterocycles. The van der Waals surface area contributed by atoms with Crippen molar-refractivity contribution < 1.29 is 9.18 Å². The first-order chi connectivity index (χ1) is 6.20. The molecule has 0 aliphatic carbocycles. The van der Waals surface area contributed by atoms with E-state index in [9.17, 15) is 9.18 Å². The largest absolute Gasteiger partial charge is 0.346 e. The smallest absolute Gasteiger partial charge is 0.279 e. The van der Waals surface area contributed by atoms with Crippen molar-refractivity contribution in [3.05, 3.63) is 48.3 Å². The standard InChI is InChI=1S/C10H10FNO/c1-8(11)10(13)12-7-9-5-3-2-4-6-9/h2-6H,1,7H2,(H,12,13). The Morgan fingerprint density at radius 2 is 2.00 bits per heavy atom. The van der Waals surface area contributed by atoms with E-state index in [1.54, 1.807) is 0 Å². The van der Waals surface area contributed by atoms with Crippen LogP contribution >= 0.6 is 0 Å². The predicted octanol–water partition coefficient (Wildman–Crippen LogP) is 1.79. The summed E-state index contributed by atoms with van der Waals surface area (Å²) in [6.07, 6.45) is 0. The van der Waals surface area contributed by atoms with Crippen molar-refractivity contribution in [1.29, 1.82) is 0 Å². The first-order valence-corrected chi connectivity index (χ1v) is 3.86. The molecule has 0 aliphatic rings. The lowest BCUT2D eigenvalue weighted by Crippen LogP contribution is -2.22. The minimum atomic E-state index is -0.962. The second kappa shape index (κ2) is 4.40. The third-order valence-corrected chi connectivity index (χ3v) is 1.54. The van der Waals surface area contributed by atoms with Gasteiger partial charge in [-0.05, 0) is 5.56 Å². The number of rotatable bonds is 3. The van der Waals surface area contributed by atoms with Gasteiger partial charge in [-0.1, -0.05) is 36.9 Å². The van der Waals surface area contributed by atoms with Gasteiger partial charge in [0.25, 0.3) is 5.91 Å². The van der Waals surface area contributed by atoms with Gasteiger partial charge in [0.05, 0.1) is 0 Å². The zero-order chi connectivity index (χ0) is 9.68. The maximum Gasteiger partial charge on any atom is 0.279 e. The minimum Gasteiger partial charge on any atom is -0.346 e. The van der Waals surface area contributed by atoms with Crippen LogP contribution in [0.25, 0.3) is 0 Å². The Morgan fingerprint density at radius 3 is 2.54 bits per heavy atom. The van der Waals surface area contributed by atoms with Crippen LogP contribution in [-0.2, 0) is 11.3 Å². The Kier molecular flexibility index (Phi) is 3.20. The average molecular weight is 179 g/mol. The number of carbonyl (C=O) groups is 1. The molecule has 68 valence electrons. The fraction of sp³-hybridized carbons (Fsp3) is 0.100. The molecule has 0 saturated carbocycles. The van der Waals surface area contributed by atoms with Crippen LogP contribution in [0.15, 0.2) is 42.7 Å². The summed E-state index contributed by atoms with van der Waals surface area (Å²) in [6, 6.07) is 9.28. The van der Waals surface area contributed by atoms with Crippen LogP contribution in [0.2, 0.25) is 0 Å². The Labute approximate surface area is 76.1 Å². The summed E-state index contributed by atoms with van der Waals surface area (Å²) in [7, 11) is 0. The molecular weight excluding hydrogens is 169 g/mol. The number of hydrogen-bond acceptors (Lipinski definition) is 1. The third kappa shape index (κ3) is 3.07. The normalized spacial score (nSPS) is 9.31. The van der Waals surface area contributed by atoms with Crippen LogP contribution in [0, 0.1) is 0 Å². The number of nitrogens with one attached hydrogen (secondary N) is 1. The van der Waals surface area contributed by atoms with E-state index < -0.39 is 11.7 Å². The number of halogens is 1. The van der Waals surface area contributed by atoms with Crippen molar-refractivity contribution in [2.24, 2.45) is 0 Å². The highest BCUT2D eigenvalue weighted by molar-refractivity contribution is 5.90. The van der Waals surface area contributed by atoms with Crippen molar-refractivity contribution in [3.63, 3.8) is 0 Å². The van der Waals surface area contributed by atoms with Crippen LogP contribution in [0.3, 0.4) is 0 Å². The number of amides is 1. The second-order valence-corrected chi connectivity index (χ2v) is 2.57. The molecule has 1 rings (SSSR count). The van der Waals surface area contributed by atoms with Crippen molar-refractivity contribution >= 4 is 5.91 Å². The zero-order valence-corrected chi connectivity index (χ0v) is 7.09. The number of hydrogen-bond donors (Lipinski definition) is 1. The Balaban J connectivity index is 2.44. The van der Waals surface area contributed by atoms with Crippen molar-refractivity contribution in [1.82, 2.24) is 5.32 Å². The molecule has 1 aromatic rings. The van der Waals surface area contributed by atoms with E-state index in [1.165, 1.54) is 0 Å². The van der Waals surface area contributed by atoms with Crippen LogP contribution in [0.4, 0.5) is 4.39 Å². The van der Waals surface area contributed by atoms with Gasteiger partial charge in [0.1, 0.15) is 0 Å². The quantitative estimate of drug-likeness (QED) is 0.704. The molecule has 0 spiro atoms. The molecule has 1 N–H and O–H groups in total. The van der Waals surface area contributed by atoms with Crippen LogP contribution in [-0.4, -0.2) is 5.91 Å². The average Bonchev–Trinajstić information content (AvgIpc) is 2.15. The van der Waals surface area contributed by atoms with Crippen LogP contribution in [0.1, 0.15) is 5.56 Å². The fourth-order valence-corrected chi connectivity index (χ4v) is 0.874. The summed E-state index contributed by atoms with van der Waals surface area (Å²) in [5.41, 5.74) is 0.928. The highest BCUT2D eigenvalue weighted by atomic mass is 19.1. The van der Waals surface area contributed by atoms with E-state index in [1.807, 2.05) is 30.3 Å². The van der Waals surface area contributed by atoms with Crippen molar-refractivity contribution in [2.45, 2.75) is 6.54 Å². The van der Waals surface area contributed by atoms with Gasteiger partial charge in [0, 0.05) is 6.54 Å². The summed E-state index contributed by atoms with van der Waals surface area (Å²) >= 11 is 0. The molecule has 13 heavy (non-hydrogen) atoms. The lowest BCUT2D eigenvalue weighted by molar-refractivity contribution is -0.119. The van der Waals surface area contributed by atoms with E-state index in [4.69, 9.17) is 0 Å². The van der Waals surface area contributed by atoms with E-state index in [0.717, 1.165) is 5.56 Å². The molecule has 0 atom stereocenters. The van der Waals surface area contributed by atoms with Gasteiger partial charge in [-0.25, -0.2) is 4.39 Å². The molecule has 1 aromatic carbocycles. The van der Waals surface area contributed by atoms with Crippen LogP contribution < -0.4 is 5.32 Å². The summed E-state index contributed by atoms with van der Waals surface area (Å²) in [5, 5.41) is 2.38. The molecule has 0 radical (unpaired) electrons. The predicted molar refractivity (Wildman–Crippen MR) is 48.5 cm³/mol. The maximum atomic E-state index is 12.2. The van der Waals surface area contributed by atoms with E-state index >= 15 is 0 Å². The molecule has 0 aromatic heterocycles. The van der Waals surface area contributed by atoms with Gasteiger partial charge in [-0.2, -0.15) is 0 Å². The second-order valence-electron chi connectivity index (χ2n) is 2.57. The molecule has 0 fully saturated rings. The van der Waals surface area contributed by atoms with Crippen molar-refractivity contribution in [2.75, 3.05) is 0 Å². The Hall–Kier alpha value is -1.64. The molecule has 0 unspecified atom stereocenters. The van der Waals surface area contributed by atoms with Gasteiger partial charge in [0.2, 0.25) is 0 Å². The maximum absolute atomic E-state index is 12.2. The van der Waals surface area contributed by atoms with Crippen LogP contribution in [0.5, 0.6) is 0 Å². The first kappa shape index (κ1) is 9.45. The fourth-order valence-electron chi connectivity index (χ4n) is 0.874.